The first-order valence-electron chi connectivity index (χ1n) is 5.09. The Morgan fingerprint density at radius 1 is 1.23 bits per heavy atom. The Morgan fingerprint density at radius 3 is 2.23 bits per heavy atom. The zero-order chi connectivity index (χ0) is 9.47. The van der Waals surface area contributed by atoms with Crippen molar-refractivity contribution in [3.8, 4) is 0 Å². The lowest BCUT2D eigenvalue weighted by Crippen LogP contribution is -2.43. The Morgan fingerprint density at radius 2 is 1.77 bits per heavy atom. The third kappa shape index (κ3) is 1.74. The summed E-state index contributed by atoms with van der Waals surface area (Å²) in [7, 11) is -2.79. The van der Waals surface area contributed by atoms with E-state index in [9.17, 15) is 8.42 Å². The zero-order valence-electron chi connectivity index (χ0n) is 7.99. The van der Waals surface area contributed by atoms with Crippen LogP contribution < -0.4 is 5.32 Å². The number of sulfone groups is 1. The van der Waals surface area contributed by atoms with Crippen molar-refractivity contribution < 1.29 is 8.42 Å². The molecule has 3 nitrogen and oxygen atoms in total. The molecule has 0 amide bonds. The monoisotopic (exact) mass is 203 g/mol. The van der Waals surface area contributed by atoms with E-state index in [0.717, 1.165) is 12.8 Å². The maximum Gasteiger partial charge on any atom is 0.153 e. The van der Waals surface area contributed by atoms with E-state index in [1.807, 2.05) is 0 Å². The van der Waals surface area contributed by atoms with Gasteiger partial charge in [0.15, 0.2) is 9.84 Å². The molecule has 2 rings (SSSR count). The number of hydrogen-bond donors (Lipinski definition) is 1. The number of piperidine rings is 1. The normalized spacial score (nSPS) is 39.3. The molecule has 2 unspecified atom stereocenters. The second kappa shape index (κ2) is 3.24. The summed E-state index contributed by atoms with van der Waals surface area (Å²) in [6, 6.07) is 0.954. The molecule has 0 aliphatic carbocycles. The molecule has 4 heteroatoms. The number of rotatable bonds is 2. The first-order valence-corrected chi connectivity index (χ1v) is 6.81. The van der Waals surface area contributed by atoms with Crippen LogP contribution in [0.15, 0.2) is 0 Å². The molecule has 2 fully saturated rings. The first kappa shape index (κ1) is 9.46. The van der Waals surface area contributed by atoms with Crippen molar-refractivity contribution in [3.05, 3.63) is 0 Å². The average Bonchev–Trinajstić information content (AvgIpc) is 2.45. The Balaban J connectivity index is 2.11. The molecule has 0 radical (unpaired) electrons. The molecule has 2 bridgehead atoms. The summed E-state index contributed by atoms with van der Waals surface area (Å²) in [4.78, 5) is 0. The van der Waals surface area contributed by atoms with Gasteiger partial charge in [-0.15, -0.1) is 0 Å². The molecule has 2 saturated heterocycles. The predicted octanol–water partition coefficient (Wildman–Crippen LogP) is 0.704. The lowest BCUT2D eigenvalue weighted by molar-refractivity contribution is 0.401. The third-order valence-corrected chi connectivity index (χ3v) is 5.55. The highest BCUT2D eigenvalue weighted by atomic mass is 32.2. The summed E-state index contributed by atoms with van der Waals surface area (Å²) in [5.41, 5.74) is 0. The molecule has 2 aliphatic rings. The van der Waals surface area contributed by atoms with Gasteiger partial charge in [-0.1, -0.05) is 6.92 Å². The van der Waals surface area contributed by atoms with Gasteiger partial charge in [-0.05, 0) is 25.7 Å². The van der Waals surface area contributed by atoms with Crippen molar-refractivity contribution in [2.24, 2.45) is 0 Å². The van der Waals surface area contributed by atoms with Gasteiger partial charge in [-0.3, -0.25) is 0 Å². The lowest BCUT2D eigenvalue weighted by atomic mass is 10.1. The fourth-order valence-corrected chi connectivity index (χ4v) is 4.06. The summed E-state index contributed by atoms with van der Waals surface area (Å²) in [6.45, 7) is 1.75. The van der Waals surface area contributed by atoms with Crippen LogP contribution in [-0.2, 0) is 9.84 Å². The second-order valence-electron chi connectivity index (χ2n) is 4.18. The molecule has 0 aromatic carbocycles. The minimum Gasteiger partial charge on any atom is -0.311 e. The fourth-order valence-electron chi connectivity index (χ4n) is 2.53. The Bertz CT molecular complexity index is 274. The molecular weight excluding hydrogens is 186 g/mol. The summed E-state index contributed by atoms with van der Waals surface area (Å²) >= 11 is 0. The summed E-state index contributed by atoms with van der Waals surface area (Å²) < 4.78 is 23.3. The van der Waals surface area contributed by atoms with Gasteiger partial charge in [0.2, 0.25) is 0 Å². The van der Waals surface area contributed by atoms with Crippen LogP contribution in [0.1, 0.15) is 32.6 Å². The molecule has 76 valence electrons. The molecular formula is C9H17NO2S. The largest absolute Gasteiger partial charge is 0.311 e. The van der Waals surface area contributed by atoms with Gasteiger partial charge in [0, 0.05) is 17.8 Å². The Hall–Kier alpha value is -0.0900. The third-order valence-electron chi connectivity index (χ3n) is 3.34. The van der Waals surface area contributed by atoms with Gasteiger partial charge < -0.3 is 5.32 Å². The highest BCUT2D eigenvalue weighted by molar-refractivity contribution is 7.92. The summed E-state index contributed by atoms with van der Waals surface area (Å²) in [5.74, 6) is 0.303. The van der Waals surface area contributed by atoms with Crippen LogP contribution in [0.25, 0.3) is 0 Å². The molecule has 2 heterocycles. The predicted molar refractivity (Wildman–Crippen MR) is 52.4 cm³/mol. The summed E-state index contributed by atoms with van der Waals surface area (Å²) in [5, 5.41) is 3.39. The quantitative estimate of drug-likeness (QED) is 0.719. The highest BCUT2D eigenvalue weighted by Gasteiger charge is 2.38. The molecule has 0 spiro atoms. The Kier molecular flexibility index (Phi) is 2.36. The molecule has 1 N–H and O–H groups in total. The molecule has 2 atom stereocenters. The van der Waals surface area contributed by atoms with Gasteiger partial charge in [0.05, 0.1) is 5.25 Å². The topological polar surface area (TPSA) is 46.2 Å². The van der Waals surface area contributed by atoms with E-state index in [0.29, 0.717) is 17.8 Å². The van der Waals surface area contributed by atoms with Crippen molar-refractivity contribution >= 4 is 9.84 Å². The van der Waals surface area contributed by atoms with Gasteiger partial charge in [0.1, 0.15) is 0 Å². The van der Waals surface area contributed by atoms with Crippen molar-refractivity contribution in [2.75, 3.05) is 5.75 Å². The van der Waals surface area contributed by atoms with E-state index in [1.165, 1.54) is 12.8 Å². The van der Waals surface area contributed by atoms with Gasteiger partial charge >= 0.3 is 0 Å². The van der Waals surface area contributed by atoms with Crippen LogP contribution >= 0.6 is 0 Å². The molecule has 0 aromatic rings. The van der Waals surface area contributed by atoms with Crippen molar-refractivity contribution in [2.45, 2.75) is 49.9 Å². The van der Waals surface area contributed by atoms with E-state index < -0.39 is 9.84 Å². The summed E-state index contributed by atoms with van der Waals surface area (Å²) in [6.07, 6.45) is 4.01. The smallest absolute Gasteiger partial charge is 0.153 e. The van der Waals surface area contributed by atoms with E-state index in [4.69, 9.17) is 0 Å². The van der Waals surface area contributed by atoms with Crippen molar-refractivity contribution in [1.82, 2.24) is 5.32 Å². The van der Waals surface area contributed by atoms with Gasteiger partial charge in [-0.25, -0.2) is 8.42 Å². The number of fused-ring (bicyclic) bond motifs is 2. The number of nitrogens with one attached hydrogen (secondary N) is 1. The minimum absolute atomic E-state index is 0.0590. The van der Waals surface area contributed by atoms with E-state index in [-0.39, 0.29) is 5.25 Å². The van der Waals surface area contributed by atoms with Gasteiger partial charge in [-0.2, -0.15) is 0 Å². The molecule has 0 aromatic heterocycles. The van der Waals surface area contributed by atoms with E-state index in [1.54, 1.807) is 6.92 Å². The average molecular weight is 203 g/mol. The van der Waals surface area contributed by atoms with E-state index in [2.05, 4.69) is 5.32 Å². The lowest BCUT2D eigenvalue weighted by Gasteiger charge is -2.28. The van der Waals surface area contributed by atoms with Crippen LogP contribution in [0.5, 0.6) is 0 Å². The van der Waals surface area contributed by atoms with Crippen molar-refractivity contribution in [3.63, 3.8) is 0 Å². The molecule has 2 aliphatic heterocycles. The maximum absolute atomic E-state index is 11.6. The minimum atomic E-state index is -2.79. The van der Waals surface area contributed by atoms with Gasteiger partial charge in [0.25, 0.3) is 0 Å². The van der Waals surface area contributed by atoms with Crippen LogP contribution in [0.2, 0.25) is 0 Å². The maximum atomic E-state index is 11.6. The number of hydrogen-bond acceptors (Lipinski definition) is 3. The van der Waals surface area contributed by atoms with Crippen LogP contribution in [-0.4, -0.2) is 31.5 Å². The SMILES string of the molecule is CCS(=O)(=O)C1CC2CCC(C1)N2. The standard InChI is InChI=1S/C9H17NO2S/c1-2-13(11,12)9-5-7-3-4-8(6-9)10-7/h7-10H,2-6H2,1H3. The zero-order valence-corrected chi connectivity index (χ0v) is 8.81. The van der Waals surface area contributed by atoms with E-state index >= 15 is 0 Å². The van der Waals surface area contributed by atoms with Crippen LogP contribution in [0, 0.1) is 0 Å². The first-order chi connectivity index (χ1) is 6.12. The molecule has 0 saturated carbocycles. The second-order valence-corrected chi connectivity index (χ2v) is 6.75. The highest BCUT2D eigenvalue weighted by Crippen LogP contribution is 2.30. The fraction of sp³-hybridized carbons (Fsp3) is 1.00. The molecule has 13 heavy (non-hydrogen) atoms. The van der Waals surface area contributed by atoms with Crippen molar-refractivity contribution in [1.29, 1.82) is 0 Å². The van der Waals surface area contributed by atoms with Crippen LogP contribution in [0.4, 0.5) is 0 Å². The Labute approximate surface area is 79.8 Å². The van der Waals surface area contributed by atoms with Crippen LogP contribution in [0.3, 0.4) is 0 Å².